The summed E-state index contributed by atoms with van der Waals surface area (Å²) >= 11 is 5.98. The first kappa shape index (κ1) is 12.4. The monoisotopic (exact) mass is 275 g/mol. The number of carboxylic acid groups (broad SMARTS) is 1. The summed E-state index contributed by atoms with van der Waals surface area (Å²) < 4.78 is 0. The number of hydrogen-bond donors (Lipinski definition) is 1. The van der Waals surface area contributed by atoms with Crippen LogP contribution in [0, 0.1) is 0 Å². The summed E-state index contributed by atoms with van der Waals surface area (Å²) in [6, 6.07) is 5.22. The van der Waals surface area contributed by atoms with Crippen molar-refractivity contribution < 1.29 is 9.90 Å². The molecule has 0 fully saturated rings. The first-order valence-electron chi connectivity index (χ1n) is 6.43. The molecule has 1 atom stereocenters. The molecule has 0 radical (unpaired) electrons. The van der Waals surface area contributed by atoms with Gasteiger partial charge in [-0.25, -0.2) is 4.79 Å². The third-order valence-corrected chi connectivity index (χ3v) is 4.06. The quantitative estimate of drug-likeness (QED) is 0.855. The highest BCUT2D eigenvalue weighted by Gasteiger charge is 2.25. The van der Waals surface area contributed by atoms with E-state index in [-0.39, 0.29) is 0 Å². The number of benzene rings is 1. The number of hydrogen-bond acceptors (Lipinski definition) is 2. The Bertz CT molecular complexity index is 681. The average molecular weight is 276 g/mol. The van der Waals surface area contributed by atoms with Crippen LogP contribution in [0.3, 0.4) is 0 Å². The summed E-state index contributed by atoms with van der Waals surface area (Å²) in [5, 5.41) is 10.8. The van der Waals surface area contributed by atoms with E-state index in [0.29, 0.717) is 27.4 Å². The van der Waals surface area contributed by atoms with Gasteiger partial charge in [-0.2, -0.15) is 0 Å². The molecular weight excluding hydrogens is 262 g/mol. The molecule has 0 spiro atoms. The van der Waals surface area contributed by atoms with E-state index in [4.69, 9.17) is 11.6 Å². The van der Waals surface area contributed by atoms with Gasteiger partial charge in [0.1, 0.15) is 0 Å². The maximum Gasteiger partial charge on any atom is 0.336 e. The highest BCUT2D eigenvalue weighted by Crippen LogP contribution is 2.35. The molecule has 98 valence electrons. The fourth-order valence-corrected chi connectivity index (χ4v) is 3.09. The minimum absolute atomic E-state index is 0.310. The summed E-state index contributed by atoms with van der Waals surface area (Å²) in [5.41, 5.74) is 2.92. The van der Waals surface area contributed by atoms with Crippen LogP contribution in [0.25, 0.3) is 10.9 Å². The smallest absolute Gasteiger partial charge is 0.336 e. The SMILES string of the molecule is CC1CCCc2c1nc1cc(Cl)ccc1c2C(=O)O. The lowest BCUT2D eigenvalue weighted by molar-refractivity contribution is 0.0697. The largest absolute Gasteiger partial charge is 0.478 e. The van der Waals surface area contributed by atoms with Crippen LogP contribution in [0.2, 0.25) is 5.02 Å². The second kappa shape index (κ2) is 4.49. The molecule has 3 rings (SSSR count). The van der Waals surface area contributed by atoms with Crippen LogP contribution in [0.4, 0.5) is 0 Å². The van der Waals surface area contributed by atoms with Crippen LogP contribution in [0.1, 0.15) is 47.3 Å². The Balaban J connectivity index is 2.41. The molecule has 3 nitrogen and oxygen atoms in total. The highest BCUT2D eigenvalue weighted by atomic mass is 35.5. The summed E-state index contributed by atoms with van der Waals surface area (Å²) in [4.78, 5) is 16.3. The van der Waals surface area contributed by atoms with Crippen LogP contribution < -0.4 is 0 Å². The van der Waals surface area contributed by atoms with Crippen molar-refractivity contribution in [2.24, 2.45) is 0 Å². The second-order valence-corrected chi connectivity index (χ2v) is 5.55. The van der Waals surface area contributed by atoms with E-state index in [1.807, 2.05) is 0 Å². The molecule has 1 N–H and O–H groups in total. The number of pyridine rings is 1. The normalized spacial score (nSPS) is 18.3. The maximum atomic E-state index is 11.6. The van der Waals surface area contributed by atoms with Crippen molar-refractivity contribution in [1.29, 1.82) is 0 Å². The molecule has 4 heteroatoms. The van der Waals surface area contributed by atoms with Gasteiger partial charge in [-0.1, -0.05) is 24.6 Å². The van der Waals surface area contributed by atoms with Gasteiger partial charge in [-0.15, -0.1) is 0 Å². The van der Waals surface area contributed by atoms with Gasteiger partial charge in [0.25, 0.3) is 0 Å². The Labute approximate surface area is 116 Å². The molecule has 1 aromatic carbocycles. The topological polar surface area (TPSA) is 50.2 Å². The molecule has 1 aliphatic rings. The molecule has 1 unspecified atom stereocenters. The van der Waals surface area contributed by atoms with Crippen LogP contribution in [0.5, 0.6) is 0 Å². The van der Waals surface area contributed by atoms with Crippen LogP contribution in [-0.4, -0.2) is 16.1 Å². The van der Waals surface area contributed by atoms with Gasteiger partial charge >= 0.3 is 5.97 Å². The molecule has 1 aromatic heterocycles. The van der Waals surface area contributed by atoms with Gasteiger partial charge < -0.3 is 5.11 Å². The Morgan fingerprint density at radius 3 is 3.00 bits per heavy atom. The van der Waals surface area contributed by atoms with E-state index >= 15 is 0 Å². The number of carboxylic acids is 1. The number of aromatic carboxylic acids is 1. The second-order valence-electron chi connectivity index (χ2n) is 5.11. The van der Waals surface area contributed by atoms with E-state index in [9.17, 15) is 9.90 Å². The summed E-state index contributed by atoms with van der Waals surface area (Å²) in [7, 11) is 0. The Morgan fingerprint density at radius 2 is 2.26 bits per heavy atom. The lowest BCUT2D eigenvalue weighted by Gasteiger charge is -2.23. The minimum atomic E-state index is -0.875. The van der Waals surface area contributed by atoms with Crippen molar-refractivity contribution in [3.8, 4) is 0 Å². The van der Waals surface area contributed by atoms with Crippen molar-refractivity contribution in [1.82, 2.24) is 4.98 Å². The molecule has 0 amide bonds. The van der Waals surface area contributed by atoms with E-state index in [2.05, 4.69) is 11.9 Å². The summed E-state index contributed by atoms with van der Waals surface area (Å²) in [6.45, 7) is 2.10. The number of carbonyl (C=O) groups is 1. The van der Waals surface area contributed by atoms with Crippen molar-refractivity contribution in [3.63, 3.8) is 0 Å². The predicted molar refractivity (Wildman–Crippen MR) is 75.1 cm³/mol. The number of nitrogens with zero attached hydrogens (tertiary/aromatic N) is 1. The van der Waals surface area contributed by atoms with Crippen molar-refractivity contribution in [2.45, 2.75) is 32.1 Å². The zero-order chi connectivity index (χ0) is 13.6. The Kier molecular flexibility index (Phi) is 2.94. The first-order valence-corrected chi connectivity index (χ1v) is 6.81. The van der Waals surface area contributed by atoms with Gasteiger partial charge in [0.05, 0.1) is 11.1 Å². The minimum Gasteiger partial charge on any atom is -0.478 e. The van der Waals surface area contributed by atoms with E-state index < -0.39 is 5.97 Å². The fraction of sp³-hybridized carbons (Fsp3) is 0.333. The number of fused-ring (bicyclic) bond motifs is 2. The molecule has 19 heavy (non-hydrogen) atoms. The molecule has 2 aromatic rings. The first-order chi connectivity index (χ1) is 9.08. The molecule has 0 bridgehead atoms. The molecule has 0 aliphatic heterocycles. The fourth-order valence-electron chi connectivity index (χ4n) is 2.92. The van der Waals surface area contributed by atoms with Gasteiger partial charge in [0, 0.05) is 16.1 Å². The number of rotatable bonds is 1. The molecule has 0 saturated carbocycles. The van der Waals surface area contributed by atoms with Crippen molar-refractivity contribution >= 4 is 28.5 Å². The van der Waals surface area contributed by atoms with Gasteiger partial charge in [-0.05, 0) is 42.9 Å². The van der Waals surface area contributed by atoms with E-state index in [1.54, 1.807) is 18.2 Å². The maximum absolute atomic E-state index is 11.6. The average Bonchev–Trinajstić information content (AvgIpc) is 2.36. The van der Waals surface area contributed by atoms with Crippen LogP contribution in [0.15, 0.2) is 18.2 Å². The zero-order valence-corrected chi connectivity index (χ0v) is 11.4. The third kappa shape index (κ3) is 1.98. The molecular formula is C15H14ClNO2. The summed E-state index contributed by atoms with van der Waals surface area (Å²) in [5.74, 6) is -0.565. The molecule has 1 heterocycles. The van der Waals surface area contributed by atoms with Crippen LogP contribution in [-0.2, 0) is 6.42 Å². The van der Waals surface area contributed by atoms with E-state index in [1.165, 1.54) is 0 Å². The van der Waals surface area contributed by atoms with Crippen molar-refractivity contribution in [3.05, 3.63) is 40.0 Å². The Morgan fingerprint density at radius 1 is 1.47 bits per heavy atom. The van der Waals surface area contributed by atoms with Crippen molar-refractivity contribution in [2.75, 3.05) is 0 Å². The van der Waals surface area contributed by atoms with E-state index in [0.717, 1.165) is 30.5 Å². The lowest BCUT2D eigenvalue weighted by Crippen LogP contribution is -2.15. The predicted octanol–water partition coefficient (Wildman–Crippen LogP) is 4.03. The molecule has 0 saturated heterocycles. The Hall–Kier alpha value is -1.61. The highest BCUT2D eigenvalue weighted by molar-refractivity contribution is 6.31. The van der Waals surface area contributed by atoms with Gasteiger partial charge in [0.2, 0.25) is 0 Å². The van der Waals surface area contributed by atoms with Crippen LogP contribution >= 0.6 is 11.6 Å². The number of aromatic nitrogens is 1. The lowest BCUT2D eigenvalue weighted by atomic mass is 9.84. The summed E-state index contributed by atoms with van der Waals surface area (Å²) in [6.07, 6.45) is 2.88. The standard InChI is InChI=1S/C15H14ClNO2/c1-8-3-2-4-11-13(15(18)19)10-6-5-9(16)7-12(10)17-14(8)11/h5-8H,2-4H2,1H3,(H,18,19). The third-order valence-electron chi connectivity index (χ3n) is 3.83. The van der Waals surface area contributed by atoms with Gasteiger partial charge in [0.15, 0.2) is 0 Å². The number of halogens is 1. The molecule has 1 aliphatic carbocycles. The van der Waals surface area contributed by atoms with Gasteiger partial charge in [-0.3, -0.25) is 4.98 Å². The zero-order valence-electron chi connectivity index (χ0n) is 10.6.